The van der Waals surface area contributed by atoms with Crippen molar-refractivity contribution in [3.63, 3.8) is 0 Å². The Bertz CT molecular complexity index is 1140. The van der Waals surface area contributed by atoms with Crippen molar-refractivity contribution in [2.45, 2.75) is 4.90 Å². The monoisotopic (exact) mass is 419 g/mol. The van der Waals surface area contributed by atoms with Crippen molar-refractivity contribution in [3.05, 3.63) is 77.3 Å². The maximum atomic E-state index is 10.6. The van der Waals surface area contributed by atoms with Gasteiger partial charge in [-0.05, 0) is 40.6 Å². The number of fused-ring (bicyclic) bond motifs is 3. The van der Waals surface area contributed by atoms with E-state index in [1.54, 1.807) is 31.0 Å². The standard InChI is InChI=1S/C24H21NO4S/c1-28-14-13-25-20-11-10-18-6-2-3-7-19(18)24(20)30-23(25)8-4-5-17-9-12-21(27)22(15-17)29-16-26/h2-12,15-16,27H,13-14H2,1H3/b5-4+,23-8-. The smallest absolute Gasteiger partial charge is 0.298 e. The predicted octanol–water partition coefficient (Wildman–Crippen LogP) is 5.19. The van der Waals surface area contributed by atoms with Gasteiger partial charge in [0.1, 0.15) is 0 Å². The number of carbonyl (C=O) groups excluding carboxylic acids is 1. The van der Waals surface area contributed by atoms with Gasteiger partial charge in [-0.2, -0.15) is 0 Å². The van der Waals surface area contributed by atoms with Crippen LogP contribution >= 0.6 is 11.8 Å². The minimum atomic E-state index is -0.0722. The lowest BCUT2D eigenvalue weighted by atomic mass is 10.1. The number of aromatic hydroxyl groups is 1. The Balaban J connectivity index is 1.64. The van der Waals surface area contributed by atoms with Crippen LogP contribution in [-0.2, 0) is 9.53 Å². The zero-order chi connectivity index (χ0) is 20.9. The van der Waals surface area contributed by atoms with Crippen molar-refractivity contribution in [2.75, 3.05) is 25.2 Å². The number of hydrogen-bond acceptors (Lipinski definition) is 6. The number of allylic oxidation sites excluding steroid dienone is 2. The molecule has 4 rings (SSSR count). The second-order valence-corrected chi connectivity index (χ2v) is 7.72. The van der Waals surface area contributed by atoms with E-state index in [-0.39, 0.29) is 11.5 Å². The molecule has 0 aliphatic carbocycles. The first kappa shape index (κ1) is 20.1. The molecule has 3 aromatic rings. The summed E-state index contributed by atoms with van der Waals surface area (Å²) in [7, 11) is 1.71. The number of hydrogen-bond donors (Lipinski definition) is 1. The summed E-state index contributed by atoms with van der Waals surface area (Å²) in [4.78, 5) is 14.1. The van der Waals surface area contributed by atoms with E-state index in [1.165, 1.54) is 27.4 Å². The summed E-state index contributed by atoms with van der Waals surface area (Å²) >= 11 is 1.74. The molecular weight excluding hydrogens is 398 g/mol. The predicted molar refractivity (Wildman–Crippen MR) is 121 cm³/mol. The van der Waals surface area contributed by atoms with Crippen molar-refractivity contribution >= 4 is 40.8 Å². The average Bonchev–Trinajstić information content (AvgIpc) is 3.12. The fraction of sp³-hybridized carbons (Fsp3) is 0.125. The molecule has 0 amide bonds. The molecule has 0 atom stereocenters. The van der Waals surface area contributed by atoms with Crippen molar-refractivity contribution in [3.8, 4) is 11.5 Å². The summed E-state index contributed by atoms with van der Waals surface area (Å²) < 4.78 is 10.1. The number of phenols is 1. The van der Waals surface area contributed by atoms with Crippen molar-refractivity contribution in [1.82, 2.24) is 0 Å². The van der Waals surface area contributed by atoms with Crippen LogP contribution in [0.4, 0.5) is 5.69 Å². The third-order valence-electron chi connectivity index (χ3n) is 4.83. The molecule has 0 aromatic heterocycles. The van der Waals surface area contributed by atoms with Crippen LogP contribution in [0, 0.1) is 0 Å². The van der Waals surface area contributed by atoms with E-state index in [0.29, 0.717) is 13.1 Å². The summed E-state index contributed by atoms with van der Waals surface area (Å²) in [5.74, 6) is 0.0627. The third-order valence-corrected chi connectivity index (χ3v) is 6.03. The number of benzene rings is 3. The molecule has 0 saturated carbocycles. The van der Waals surface area contributed by atoms with Crippen LogP contribution in [0.25, 0.3) is 16.8 Å². The average molecular weight is 420 g/mol. The largest absolute Gasteiger partial charge is 0.504 e. The van der Waals surface area contributed by atoms with Gasteiger partial charge in [-0.25, -0.2) is 0 Å². The summed E-state index contributed by atoms with van der Waals surface area (Å²) in [6.07, 6.45) is 5.91. The maximum absolute atomic E-state index is 10.6. The molecule has 0 saturated heterocycles. The van der Waals surface area contributed by atoms with E-state index in [2.05, 4.69) is 47.4 Å². The van der Waals surface area contributed by atoms with Gasteiger partial charge in [-0.1, -0.05) is 60.3 Å². The highest BCUT2D eigenvalue weighted by Crippen LogP contribution is 2.49. The highest BCUT2D eigenvalue weighted by Gasteiger charge is 2.26. The molecule has 0 bridgehead atoms. The molecule has 0 unspecified atom stereocenters. The van der Waals surface area contributed by atoms with Crippen molar-refractivity contribution in [1.29, 1.82) is 0 Å². The number of ether oxygens (including phenoxy) is 2. The third kappa shape index (κ3) is 4.06. The van der Waals surface area contributed by atoms with Crippen LogP contribution in [0.3, 0.4) is 0 Å². The van der Waals surface area contributed by atoms with Crippen LogP contribution in [-0.4, -0.2) is 31.8 Å². The summed E-state index contributed by atoms with van der Waals surface area (Å²) in [5.41, 5.74) is 2.00. The SMILES string of the molecule is COCCN1/C(=C/C=C/c2ccc(O)c(OC=O)c2)Sc2c1ccc1ccccc21. The molecule has 3 aromatic carbocycles. The fourth-order valence-corrected chi connectivity index (χ4v) is 4.62. The number of carbonyl (C=O) groups is 1. The number of anilines is 1. The Labute approximate surface area is 179 Å². The van der Waals surface area contributed by atoms with Crippen LogP contribution in [0.15, 0.2) is 76.7 Å². The highest BCUT2D eigenvalue weighted by atomic mass is 32.2. The molecule has 0 spiro atoms. The zero-order valence-electron chi connectivity index (χ0n) is 16.4. The molecule has 5 nitrogen and oxygen atoms in total. The van der Waals surface area contributed by atoms with Gasteiger partial charge in [0.25, 0.3) is 6.47 Å². The molecular formula is C24H21NO4S. The molecule has 30 heavy (non-hydrogen) atoms. The normalized spacial score (nSPS) is 14.6. The molecule has 1 aliphatic heterocycles. The van der Waals surface area contributed by atoms with E-state index in [0.717, 1.165) is 17.1 Å². The first-order chi connectivity index (χ1) is 14.7. The van der Waals surface area contributed by atoms with Gasteiger partial charge in [0, 0.05) is 18.6 Å². The molecule has 1 aliphatic rings. The van der Waals surface area contributed by atoms with Gasteiger partial charge < -0.3 is 19.5 Å². The van der Waals surface area contributed by atoms with Gasteiger partial charge in [0.2, 0.25) is 0 Å². The van der Waals surface area contributed by atoms with E-state index < -0.39 is 0 Å². The van der Waals surface area contributed by atoms with Crippen LogP contribution < -0.4 is 9.64 Å². The van der Waals surface area contributed by atoms with E-state index in [4.69, 9.17) is 9.47 Å². The Morgan fingerprint density at radius 1 is 1.13 bits per heavy atom. The number of rotatable bonds is 7. The van der Waals surface area contributed by atoms with Gasteiger partial charge in [0.15, 0.2) is 11.5 Å². The second-order valence-electron chi connectivity index (χ2n) is 6.69. The zero-order valence-corrected chi connectivity index (χ0v) is 17.3. The minimum absolute atomic E-state index is 0.0722. The van der Waals surface area contributed by atoms with E-state index in [1.807, 2.05) is 12.2 Å². The van der Waals surface area contributed by atoms with Crippen molar-refractivity contribution in [2.24, 2.45) is 0 Å². The Hall–Kier alpha value is -3.22. The molecule has 1 heterocycles. The van der Waals surface area contributed by atoms with Gasteiger partial charge >= 0.3 is 0 Å². The highest BCUT2D eigenvalue weighted by molar-refractivity contribution is 8.04. The summed E-state index contributed by atoms with van der Waals surface area (Å²) in [6.45, 7) is 1.68. The molecule has 0 fully saturated rings. The molecule has 152 valence electrons. The lowest BCUT2D eigenvalue weighted by Gasteiger charge is -2.19. The first-order valence-corrected chi connectivity index (χ1v) is 10.3. The van der Waals surface area contributed by atoms with Gasteiger partial charge in [-0.15, -0.1) is 0 Å². The minimum Gasteiger partial charge on any atom is -0.504 e. The Kier molecular flexibility index (Phi) is 6.07. The fourth-order valence-electron chi connectivity index (χ4n) is 3.39. The summed E-state index contributed by atoms with van der Waals surface area (Å²) in [6, 6.07) is 17.6. The number of phenolic OH excluding ortho intramolecular Hbond substituents is 1. The van der Waals surface area contributed by atoms with Gasteiger partial charge in [-0.3, -0.25) is 4.79 Å². The number of nitrogens with zero attached hydrogens (tertiary/aromatic N) is 1. The van der Waals surface area contributed by atoms with E-state index in [9.17, 15) is 9.90 Å². The Morgan fingerprint density at radius 2 is 2.00 bits per heavy atom. The van der Waals surface area contributed by atoms with Crippen molar-refractivity contribution < 1.29 is 19.4 Å². The lowest BCUT2D eigenvalue weighted by molar-refractivity contribution is -0.120. The number of thioether (sulfide) groups is 1. The molecule has 0 radical (unpaired) electrons. The van der Waals surface area contributed by atoms with Crippen LogP contribution in [0.2, 0.25) is 0 Å². The first-order valence-electron chi connectivity index (χ1n) is 9.49. The number of methoxy groups -OCH3 is 1. The quantitative estimate of drug-likeness (QED) is 0.532. The topological polar surface area (TPSA) is 59.0 Å². The lowest BCUT2D eigenvalue weighted by Crippen LogP contribution is -2.22. The molecule has 6 heteroatoms. The van der Waals surface area contributed by atoms with Gasteiger partial charge in [0.05, 0.1) is 17.3 Å². The van der Waals surface area contributed by atoms with Crippen LogP contribution in [0.5, 0.6) is 11.5 Å². The Morgan fingerprint density at radius 3 is 2.83 bits per heavy atom. The maximum Gasteiger partial charge on any atom is 0.298 e. The second kappa shape index (κ2) is 9.07. The summed E-state index contributed by atoms with van der Waals surface area (Å²) in [5, 5.41) is 13.3. The van der Waals surface area contributed by atoms with Crippen LogP contribution in [0.1, 0.15) is 5.56 Å². The van der Waals surface area contributed by atoms with E-state index >= 15 is 0 Å². The molecule has 1 N–H and O–H groups in total.